The third kappa shape index (κ3) is 4.70. The van der Waals surface area contributed by atoms with Crippen LogP contribution < -0.4 is 10.2 Å². The first kappa shape index (κ1) is 17.4. The Morgan fingerprint density at radius 3 is 2.43 bits per heavy atom. The summed E-state index contributed by atoms with van der Waals surface area (Å²) in [6.45, 7) is 11.7. The van der Waals surface area contributed by atoms with Crippen molar-refractivity contribution < 1.29 is 9.90 Å². The van der Waals surface area contributed by atoms with Crippen LogP contribution in [0.3, 0.4) is 0 Å². The zero-order valence-corrected chi connectivity index (χ0v) is 13.7. The Balaban J connectivity index is 2.68. The van der Waals surface area contributed by atoms with Crippen molar-refractivity contribution in [3.63, 3.8) is 0 Å². The summed E-state index contributed by atoms with van der Waals surface area (Å²) in [4.78, 5) is 18.5. The van der Waals surface area contributed by atoms with E-state index in [2.05, 4.69) is 29.0 Å². The molecular formula is C16H27N3O2. The Kier molecular flexibility index (Phi) is 6.15. The van der Waals surface area contributed by atoms with Gasteiger partial charge >= 0.3 is 0 Å². The second kappa shape index (κ2) is 7.41. The molecule has 0 aromatic carbocycles. The molecule has 1 atom stereocenters. The number of carbonyl (C=O) groups is 1. The van der Waals surface area contributed by atoms with Crippen LogP contribution in [0, 0.1) is 5.92 Å². The highest BCUT2D eigenvalue weighted by Gasteiger charge is 2.25. The SMILES string of the molecule is CCN(CC)c1ccc(C(=O)NCC(C)(O)C(C)C)cn1. The lowest BCUT2D eigenvalue weighted by Crippen LogP contribution is -2.44. The summed E-state index contributed by atoms with van der Waals surface area (Å²) in [5.74, 6) is 0.723. The molecule has 1 unspecified atom stereocenters. The molecule has 21 heavy (non-hydrogen) atoms. The van der Waals surface area contributed by atoms with Gasteiger partial charge in [-0.1, -0.05) is 13.8 Å². The van der Waals surface area contributed by atoms with Crippen LogP contribution in [-0.4, -0.2) is 41.2 Å². The minimum atomic E-state index is -0.912. The summed E-state index contributed by atoms with van der Waals surface area (Å²) >= 11 is 0. The topological polar surface area (TPSA) is 65.5 Å². The number of rotatable bonds is 7. The fourth-order valence-corrected chi connectivity index (χ4v) is 1.82. The van der Waals surface area contributed by atoms with Crippen LogP contribution in [0.2, 0.25) is 0 Å². The van der Waals surface area contributed by atoms with Crippen molar-refractivity contribution in [1.29, 1.82) is 0 Å². The largest absolute Gasteiger partial charge is 0.388 e. The number of amides is 1. The van der Waals surface area contributed by atoms with Crippen molar-refractivity contribution in [2.45, 2.75) is 40.2 Å². The molecule has 0 aliphatic carbocycles. The Hall–Kier alpha value is -1.62. The Labute approximate surface area is 127 Å². The second-order valence-electron chi connectivity index (χ2n) is 5.77. The first-order valence-electron chi connectivity index (χ1n) is 7.53. The zero-order valence-electron chi connectivity index (χ0n) is 13.7. The molecule has 2 N–H and O–H groups in total. The first-order chi connectivity index (χ1) is 9.81. The maximum atomic E-state index is 12.1. The minimum Gasteiger partial charge on any atom is -0.388 e. The van der Waals surface area contributed by atoms with Crippen molar-refractivity contribution in [3.8, 4) is 0 Å². The number of aliphatic hydroxyl groups is 1. The summed E-state index contributed by atoms with van der Waals surface area (Å²) in [5.41, 5.74) is -0.407. The lowest BCUT2D eigenvalue weighted by Gasteiger charge is -2.27. The van der Waals surface area contributed by atoms with Gasteiger partial charge in [0.05, 0.1) is 11.2 Å². The molecule has 1 rings (SSSR count). The lowest BCUT2D eigenvalue weighted by molar-refractivity contribution is 0.0142. The van der Waals surface area contributed by atoms with Crippen molar-refractivity contribution in [1.82, 2.24) is 10.3 Å². The third-order valence-electron chi connectivity index (χ3n) is 3.95. The van der Waals surface area contributed by atoms with Crippen LogP contribution in [-0.2, 0) is 0 Å². The van der Waals surface area contributed by atoms with Gasteiger partial charge in [0.15, 0.2) is 0 Å². The van der Waals surface area contributed by atoms with E-state index in [9.17, 15) is 9.90 Å². The molecule has 0 fully saturated rings. The molecule has 0 saturated carbocycles. The molecule has 1 heterocycles. The van der Waals surface area contributed by atoms with Gasteiger partial charge in [-0.05, 0) is 38.8 Å². The highest BCUT2D eigenvalue weighted by atomic mass is 16.3. The van der Waals surface area contributed by atoms with Crippen LogP contribution in [0.5, 0.6) is 0 Å². The third-order valence-corrected chi connectivity index (χ3v) is 3.95. The minimum absolute atomic E-state index is 0.0703. The number of anilines is 1. The molecule has 5 heteroatoms. The van der Waals surface area contributed by atoms with Gasteiger partial charge in [0.25, 0.3) is 5.91 Å². The van der Waals surface area contributed by atoms with E-state index < -0.39 is 5.60 Å². The fourth-order valence-electron chi connectivity index (χ4n) is 1.82. The molecule has 1 amide bonds. The number of nitrogens with zero attached hydrogens (tertiary/aromatic N) is 2. The fraction of sp³-hybridized carbons (Fsp3) is 0.625. The smallest absolute Gasteiger partial charge is 0.252 e. The van der Waals surface area contributed by atoms with Crippen molar-refractivity contribution >= 4 is 11.7 Å². The summed E-state index contributed by atoms with van der Waals surface area (Å²) in [7, 11) is 0. The second-order valence-corrected chi connectivity index (χ2v) is 5.77. The lowest BCUT2D eigenvalue weighted by atomic mass is 9.92. The number of nitrogens with one attached hydrogen (secondary N) is 1. The molecular weight excluding hydrogens is 266 g/mol. The summed E-state index contributed by atoms with van der Waals surface area (Å²) in [5, 5.41) is 12.9. The molecule has 1 aromatic heterocycles. The molecule has 5 nitrogen and oxygen atoms in total. The first-order valence-corrected chi connectivity index (χ1v) is 7.53. The van der Waals surface area contributed by atoms with E-state index in [0.29, 0.717) is 5.56 Å². The predicted octanol–water partition coefficient (Wildman–Crippen LogP) is 2.06. The van der Waals surface area contributed by atoms with E-state index in [1.807, 2.05) is 19.9 Å². The van der Waals surface area contributed by atoms with E-state index in [-0.39, 0.29) is 18.4 Å². The monoisotopic (exact) mass is 293 g/mol. The Bertz CT molecular complexity index is 451. The quantitative estimate of drug-likeness (QED) is 0.807. The zero-order chi connectivity index (χ0) is 16.0. The van der Waals surface area contributed by atoms with Crippen molar-refractivity contribution in [3.05, 3.63) is 23.9 Å². The summed E-state index contributed by atoms with van der Waals surface area (Å²) in [6, 6.07) is 3.61. The van der Waals surface area contributed by atoms with Crippen molar-refractivity contribution in [2.24, 2.45) is 5.92 Å². The van der Waals surface area contributed by atoms with Gasteiger partial charge in [0.1, 0.15) is 5.82 Å². The molecule has 1 aromatic rings. The van der Waals surface area contributed by atoms with Gasteiger partial charge in [0, 0.05) is 25.8 Å². The Morgan fingerprint density at radius 2 is 2.00 bits per heavy atom. The van der Waals surface area contributed by atoms with Crippen LogP contribution in [0.4, 0.5) is 5.82 Å². The van der Waals surface area contributed by atoms with E-state index in [0.717, 1.165) is 18.9 Å². The van der Waals surface area contributed by atoms with Crippen molar-refractivity contribution in [2.75, 3.05) is 24.5 Å². The molecule has 0 radical (unpaired) electrons. The highest BCUT2D eigenvalue weighted by Crippen LogP contribution is 2.15. The van der Waals surface area contributed by atoms with Crippen LogP contribution in [0.15, 0.2) is 18.3 Å². The van der Waals surface area contributed by atoms with Crippen LogP contribution >= 0.6 is 0 Å². The van der Waals surface area contributed by atoms with Gasteiger partial charge in [-0.3, -0.25) is 4.79 Å². The molecule has 0 aliphatic rings. The average Bonchev–Trinajstić information content (AvgIpc) is 2.46. The van der Waals surface area contributed by atoms with Gasteiger partial charge in [0.2, 0.25) is 0 Å². The highest BCUT2D eigenvalue weighted by molar-refractivity contribution is 5.94. The predicted molar refractivity (Wildman–Crippen MR) is 85.6 cm³/mol. The van der Waals surface area contributed by atoms with Gasteiger partial charge < -0.3 is 15.3 Å². The number of hydrogen-bond donors (Lipinski definition) is 2. The summed E-state index contributed by atoms with van der Waals surface area (Å²) in [6.07, 6.45) is 1.58. The number of hydrogen-bond acceptors (Lipinski definition) is 4. The standard InChI is InChI=1S/C16H27N3O2/c1-6-19(7-2)14-9-8-13(10-17-14)15(20)18-11-16(5,21)12(3)4/h8-10,12,21H,6-7,11H2,1-5H3,(H,18,20). The number of carbonyl (C=O) groups excluding carboxylic acids is 1. The average molecular weight is 293 g/mol. The van der Waals surface area contributed by atoms with Gasteiger partial charge in [-0.2, -0.15) is 0 Å². The maximum Gasteiger partial charge on any atom is 0.252 e. The van der Waals surface area contributed by atoms with E-state index in [4.69, 9.17) is 0 Å². The van der Waals surface area contributed by atoms with Crippen LogP contribution in [0.1, 0.15) is 45.0 Å². The van der Waals surface area contributed by atoms with Crippen LogP contribution in [0.25, 0.3) is 0 Å². The molecule has 0 saturated heterocycles. The number of pyridine rings is 1. The normalized spacial score (nSPS) is 13.9. The molecule has 0 bridgehead atoms. The van der Waals surface area contributed by atoms with E-state index in [1.54, 1.807) is 19.2 Å². The maximum absolute atomic E-state index is 12.1. The van der Waals surface area contributed by atoms with Gasteiger partial charge in [-0.15, -0.1) is 0 Å². The van der Waals surface area contributed by atoms with E-state index in [1.165, 1.54) is 0 Å². The molecule has 118 valence electrons. The Morgan fingerprint density at radius 1 is 1.38 bits per heavy atom. The molecule has 0 spiro atoms. The van der Waals surface area contributed by atoms with E-state index >= 15 is 0 Å². The van der Waals surface area contributed by atoms with Gasteiger partial charge in [-0.25, -0.2) is 4.98 Å². The summed E-state index contributed by atoms with van der Waals surface area (Å²) < 4.78 is 0. The molecule has 0 aliphatic heterocycles. The number of aromatic nitrogens is 1.